The van der Waals surface area contributed by atoms with Crippen molar-refractivity contribution in [1.82, 2.24) is 5.32 Å². The molecule has 0 radical (unpaired) electrons. The van der Waals surface area contributed by atoms with Gasteiger partial charge in [-0.25, -0.2) is 0 Å². The van der Waals surface area contributed by atoms with Crippen molar-refractivity contribution in [3.05, 3.63) is 12.2 Å². The van der Waals surface area contributed by atoms with Crippen LogP contribution in [0.3, 0.4) is 0 Å². The third-order valence-corrected chi connectivity index (χ3v) is 13.8. The topological polar surface area (TPSA) is 46.2 Å². The van der Waals surface area contributed by atoms with Crippen molar-refractivity contribution < 1.29 is 9.59 Å². The predicted octanol–water partition coefficient (Wildman–Crippen LogP) is 5.98. The van der Waals surface area contributed by atoms with Crippen LogP contribution in [0.15, 0.2) is 12.2 Å². The molecule has 7 fully saturated rings. The first-order chi connectivity index (χ1) is 15.8. The number of carbonyl (C=O) groups is 2. The molecule has 8 rings (SSSR count). The van der Waals surface area contributed by atoms with E-state index in [1.165, 1.54) is 57.8 Å². The number of nitrogens with one attached hydrogen (secondary N) is 1. The molecule has 4 heteroatoms. The van der Waals surface area contributed by atoms with E-state index < -0.39 is 0 Å². The molecule has 8 aliphatic rings. The normalized spacial score (nSPS) is 56.2. The molecule has 7 saturated carbocycles. The summed E-state index contributed by atoms with van der Waals surface area (Å²) >= 11 is 1.60. The van der Waals surface area contributed by atoms with Crippen molar-refractivity contribution in [2.75, 3.05) is 0 Å². The van der Waals surface area contributed by atoms with Gasteiger partial charge in [0.25, 0.3) is 0 Å². The third kappa shape index (κ3) is 3.07. The highest BCUT2D eigenvalue weighted by atomic mass is 32.2. The number of amides is 1. The molecule has 1 amide bonds. The molecule has 1 heterocycles. The molecule has 0 unspecified atom stereocenters. The van der Waals surface area contributed by atoms with Gasteiger partial charge >= 0.3 is 0 Å². The minimum Gasteiger partial charge on any atom is -0.353 e. The first-order valence-corrected chi connectivity index (χ1v) is 14.9. The van der Waals surface area contributed by atoms with Crippen molar-refractivity contribution in [3.8, 4) is 0 Å². The summed E-state index contributed by atoms with van der Waals surface area (Å²) in [4.78, 5) is 25.9. The van der Waals surface area contributed by atoms with Crippen molar-refractivity contribution >= 4 is 22.8 Å². The molecular weight excluding hydrogens is 426 g/mol. The van der Waals surface area contributed by atoms with Crippen LogP contribution in [-0.4, -0.2) is 22.3 Å². The van der Waals surface area contributed by atoms with E-state index in [4.69, 9.17) is 0 Å². The lowest BCUT2D eigenvalue weighted by atomic mass is 9.49. The van der Waals surface area contributed by atoms with E-state index in [2.05, 4.69) is 25.2 Å². The maximum atomic E-state index is 13.8. The van der Waals surface area contributed by atoms with Gasteiger partial charge in [-0.2, -0.15) is 0 Å². The lowest BCUT2D eigenvalue weighted by Gasteiger charge is -2.58. The number of rotatable bonds is 2. The molecule has 1 aliphatic heterocycles. The average Bonchev–Trinajstić information content (AvgIpc) is 3.13. The number of carbonyl (C=O) groups excluding carboxylic acids is 2. The summed E-state index contributed by atoms with van der Waals surface area (Å²) in [7, 11) is 0. The fourth-order valence-corrected chi connectivity index (χ4v) is 12.2. The van der Waals surface area contributed by atoms with Crippen LogP contribution in [0.2, 0.25) is 0 Å². The van der Waals surface area contributed by atoms with Crippen LogP contribution in [0.1, 0.15) is 84.5 Å². The van der Waals surface area contributed by atoms with Crippen molar-refractivity contribution in [3.63, 3.8) is 0 Å². The monoisotopic (exact) mass is 467 g/mol. The Labute approximate surface area is 203 Å². The van der Waals surface area contributed by atoms with Crippen LogP contribution >= 0.6 is 11.8 Å². The molecule has 3 nitrogen and oxygen atoms in total. The molecule has 0 aromatic carbocycles. The van der Waals surface area contributed by atoms with E-state index in [0.717, 1.165) is 42.4 Å². The SMILES string of the molecule is C[C@]12C=CC(=O)S[C@@H]1CC[C@@H]1[C@@H]2CC[C@]2(C)[C@@H](C(=O)NC3C4CC5CC(C4)CC3C5)CC[C@@H]12. The van der Waals surface area contributed by atoms with Crippen LogP contribution in [0, 0.1) is 58.2 Å². The lowest BCUT2D eigenvalue weighted by molar-refractivity contribution is -0.136. The Morgan fingerprint density at radius 1 is 0.939 bits per heavy atom. The van der Waals surface area contributed by atoms with E-state index in [-0.39, 0.29) is 21.9 Å². The summed E-state index contributed by atoms with van der Waals surface area (Å²) in [5.74, 6) is 6.16. The molecule has 7 atom stereocenters. The second-order valence-electron chi connectivity index (χ2n) is 13.7. The highest BCUT2D eigenvalue weighted by molar-refractivity contribution is 8.14. The van der Waals surface area contributed by atoms with Crippen LogP contribution < -0.4 is 5.32 Å². The molecule has 180 valence electrons. The zero-order valence-electron chi connectivity index (χ0n) is 20.4. The lowest BCUT2D eigenvalue weighted by Crippen LogP contribution is -2.58. The van der Waals surface area contributed by atoms with Crippen LogP contribution in [0.5, 0.6) is 0 Å². The average molecular weight is 468 g/mol. The molecule has 1 N–H and O–H groups in total. The van der Waals surface area contributed by atoms with Gasteiger partial charge in [-0.05, 0) is 124 Å². The van der Waals surface area contributed by atoms with Gasteiger partial charge in [-0.1, -0.05) is 31.7 Å². The maximum absolute atomic E-state index is 13.8. The summed E-state index contributed by atoms with van der Waals surface area (Å²) < 4.78 is 0. The van der Waals surface area contributed by atoms with Crippen molar-refractivity contribution in [2.45, 2.75) is 95.8 Å². The fourth-order valence-electron chi connectivity index (χ4n) is 11.1. The summed E-state index contributed by atoms with van der Waals surface area (Å²) in [6.45, 7) is 4.91. The molecule has 0 aromatic rings. The number of allylic oxidation sites excluding steroid dienone is 1. The first kappa shape index (κ1) is 21.5. The highest BCUT2D eigenvalue weighted by Crippen LogP contribution is 2.66. The van der Waals surface area contributed by atoms with E-state index in [9.17, 15) is 9.59 Å². The Kier molecular flexibility index (Phi) is 4.80. The highest BCUT2D eigenvalue weighted by Gasteiger charge is 2.61. The molecule has 33 heavy (non-hydrogen) atoms. The zero-order chi connectivity index (χ0) is 22.5. The standard InChI is InChI=1S/C29H41NO2S/c1-28-9-7-22-20(3-6-24-29(22,2)10-8-25(31)33-24)21(28)4-5-23(28)27(32)30-26-18-12-16-11-17(14-18)15-19(26)13-16/h8,10,16-24,26H,3-7,9,11-15H2,1-2H3,(H,30,32)/t16?,17?,18?,19?,20-,21-,22-,23+,24+,26?,28-,29+/m0/s1. The largest absolute Gasteiger partial charge is 0.353 e. The molecule has 4 bridgehead atoms. The second kappa shape index (κ2) is 7.37. The van der Waals surface area contributed by atoms with Gasteiger partial charge in [0.1, 0.15) is 0 Å². The van der Waals surface area contributed by atoms with Crippen molar-refractivity contribution in [2.24, 2.45) is 58.2 Å². The summed E-state index contributed by atoms with van der Waals surface area (Å²) in [5, 5.41) is 4.41. The van der Waals surface area contributed by atoms with Gasteiger partial charge in [-0.3, -0.25) is 9.59 Å². The van der Waals surface area contributed by atoms with E-state index in [1.807, 2.05) is 6.08 Å². The minimum absolute atomic E-state index is 0.156. The Balaban J connectivity index is 1.09. The van der Waals surface area contributed by atoms with Gasteiger partial charge in [-0.15, -0.1) is 0 Å². The van der Waals surface area contributed by atoms with Gasteiger partial charge in [0.2, 0.25) is 11.0 Å². The summed E-state index contributed by atoms with van der Waals surface area (Å²) in [6.07, 6.45) is 18.3. The molecule has 7 aliphatic carbocycles. The number of hydrogen-bond donors (Lipinski definition) is 1. The number of thioether (sulfide) groups is 1. The number of fused-ring (bicyclic) bond motifs is 5. The molecular formula is C29H41NO2S. The Hall–Kier alpha value is -0.770. The Morgan fingerprint density at radius 2 is 1.67 bits per heavy atom. The van der Waals surface area contributed by atoms with Gasteiger partial charge in [0.05, 0.1) is 0 Å². The summed E-state index contributed by atoms with van der Waals surface area (Å²) in [6, 6.07) is 0.473. The first-order valence-electron chi connectivity index (χ1n) is 14.1. The van der Waals surface area contributed by atoms with E-state index in [0.29, 0.717) is 29.0 Å². The van der Waals surface area contributed by atoms with Gasteiger partial charge < -0.3 is 5.32 Å². The quantitative estimate of drug-likeness (QED) is 0.543. The Bertz CT molecular complexity index is 870. The zero-order valence-corrected chi connectivity index (χ0v) is 21.2. The second-order valence-corrected chi connectivity index (χ2v) is 14.9. The van der Waals surface area contributed by atoms with Crippen molar-refractivity contribution in [1.29, 1.82) is 0 Å². The van der Waals surface area contributed by atoms with Crippen LogP contribution in [0.4, 0.5) is 0 Å². The predicted molar refractivity (Wildman–Crippen MR) is 132 cm³/mol. The van der Waals surface area contributed by atoms with Crippen LogP contribution in [0.25, 0.3) is 0 Å². The molecule has 0 aromatic heterocycles. The van der Waals surface area contributed by atoms with Crippen LogP contribution in [-0.2, 0) is 9.59 Å². The fraction of sp³-hybridized carbons (Fsp3) is 0.862. The van der Waals surface area contributed by atoms with E-state index >= 15 is 0 Å². The Morgan fingerprint density at radius 3 is 2.39 bits per heavy atom. The smallest absolute Gasteiger partial charge is 0.223 e. The third-order valence-electron chi connectivity index (χ3n) is 12.4. The number of hydrogen-bond acceptors (Lipinski definition) is 3. The van der Waals surface area contributed by atoms with Gasteiger partial charge in [0.15, 0.2) is 0 Å². The maximum Gasteiger partial charge on any atom is 0.223 e. The van der Waals surface area contributed by atoms with Gasteiger partial charge in [0, 0.05) is 22.6 Å². The van der Waals surface area contributed by atoms with E-state index in [1.54, 1.807) is 11.8 Å². The minimum atomic E-state index is 0.156. The summed E-state index contributed by atoms with van der Waals surface area (Å²) in [5.41, 5.74) is 0.325. The molecule has 0 spiro atoms. The molecule has 0 saturated heterocycles.